The van der Waals surface area contributed by atoms with Gasteiger partial charge in [0.15, 0.2) is 0 Å². The number of rotatable bonds is 0. The maximum atomic E-state index is 4.28. The Morgan fingerprint density at radius 1 is 1.45 bits per heavy atom. The van der Waals surface area contributed by atoms with E-state index in [1.165, 1.54) is 0 Å². The number of hydrogen-bond donors (Lipinski definition) is 0. The minimum absolute atomic E-state index is 0.832. The highest BCUT2D eigenvalue weighted by Crippen LogP contribution is 2.06. The van der Waals surface area contributed by atoms with E-state index < -0.39 is 0 Å². The molecule has 0 saturated heterocycles. The number of aromatic nitrogens is 2. The number of nitrogens with zero attached hydrogens (tertiary/aromatic N) is 2. The molecule has 1 radical (unpaired) electrons. The standard InChI is InChI=1S/C9H7N2/c1-7-4-5-8-9(11-7)3-2-6-10-8/h2-4,6H,1H3. The highest BCUT2D eigenvalue weighted by Gasteiger charge is 1.93. The summed E-state index contributed by atoms with van der Waals surface area (Å²) in [4.78, 5) is 8.39. The number of aryl methyl sites for hydroxylation is 1. The molecule has 2 rings (SSSR count). The van der Waals surface area contributed by atoms with Gasteiger partial charge in [-0.1, -0.05) is 0 Å². The van der Waals surface area contributed by atoms with E-state index in [2.05, 4.69) is 16.0 Å². The van der Waals surface area contributed by atoms with Gasteiger partial charge in [0.1, 0.15) is 0 Å². The summed E-state index contributed by atoms with van der Waals surface area (Å²) in [6.45, 7) is 1.95. The lowest BCUT2D eigenvalue weighted by atomic mass is 10.3. The molecule has 0 N–H and O–H groups in total. The summed E-state index contributed by atoms with van der Waals surface area (Å²) in [6.07, 6.45) is 1.75. The summed E-state index contributed by atoms with van der Waals surface area (Å²) < 4.78 is 0. The molecule has 2 aromatic rings. The lowest BCUT2D eigenvalue weighted by molar-refractivity contribution is 1.23. The molecule has 2 heteroatoms. The molecule has 0 saturated carbocycles. The second-order valence-electron chi connectivity index (χ2n) is 2.41. The van der Waals surface area contributed by atoms with Crippen molar-refractivity contribution in [1.82, 2.24) is 9.97 Å². The Balaban J connectivity index is 2.83. The highest BCUT2D eigenvalue weighted by atomic mass is 14.7. The molecule has 0 atom stereocenters. The van der Waals surface area contributed by atoms with Gasteiger partial charge in [0.25, 0.3) is 0 Å². The van der Waals surface area contributed by atoms with Crippen molar-refractivity contribution >= 4 is 11.0 Å². The van der Waals surface area contributed by atoms with Crippen LogP contribution in [0.1, 0.15) is 5.69 Å². The summed E-state index contributed by atoms with van der Waals surface area (Å²) in [5, 5.41) is 0. The highest BCUT2D eigenvalue weighted by molar-refractivity contribution is 5.72. The third-order valence-corrected chi connectivity index (χ3v) is 1.50. The Labute approximate surface area is 64.9 Å². The Bertz CT molecular complexity index is 382. The van der Waals surface area contributed by atoms with E-state index in [0.29, 0.717) is 0 Å². The van der Waals surface area contributed by atoms with Crippen LogP contribution in [0, 0.1) is 13.0 Å². The van der Waals surface area contributed by atoms with Gasteiger partial charge >= 0.3 is 0 Å². The Kier molecular flexibility index (Phi) is 1.32. The van der Waals surface area contributed by atoms with Gasteiger partial charge in [-0.15, -0.1) is 0 Å². The number of hydrogen-bond acceptors (Lipinski definition) is 2. The Morgan fingerprint density at radius 2 is 2.36 bits per heavy atom. The Hall–Kier alpha value is -1.44. The van der Waals surface area contributed by atoms with Crippen LogP contribution in [0.5, 0.6) is 0 Å². The first-order chi connectivity index (χ1) is 5.36. The second-order valence-corrected chi connectivity index (χ2v) is 2.41. The van der Waals surface area contributed by atoms with Gasteiger partial charge in [0.05, 0.1) is 11.0 Å². The average molecular weight is 143 g/mol. The Morgan fingerprint density at radius 3 is 3.27 bits per heavy atom. The van der Waals surface area contributed by atoms with E-state index in [1.54, 1.807) is 6.20 Å². The normalized spacial score (nSPS) is 10.3. The maximum Gasteiger partial charge on any atom is 0.0965 e. The maximum absolute atomic E-state index is 4.28. The molecule has 2 nitrogen and oxygen atoms in total. The van der Waals surface area contributed by atoms with Crippen LogP contribution in [-0.2, 0) is 0 Å². The van der Waals surface area contributed by atoms with E-state index in [0.717, 1.165) is 16.7 Å². The molecule has 0 spiro atoms. The van der Waals surface area contributed by atoms with Crippen LogP contribution in [0.3, 0.4) is 0 Å². The fourth-order valence-electron chi connectivity index (χ4n) is 0.993. The van der Waals surface area contributed by atoms with Gasteiger partial charge < -0.3 is 0 Å². The van der Waals surface area contributed by atoms with Crippen LogP contribution in [0.4, 0.5) is 0 Å². The molecule has 2 heterocycles. The third kappa shape index (κ3) is 1.07. The average Bonchev–Trinajstić information content (AvgIpc) is 2.04. The molecule has 0 aliphatic carbocycles. The van der Waals surface area contributed by atoms with Crippen LogP contribution in [-0.4, -0.2) is 9.97 Å². The lowest BCUT2D eigenvalue weighted by Gasteiger charge is -1.94. The van der Waals surface area contributed by atoms with Crippen molar-refractivity contribution < 1.29 is 0 Å². The van der Waals surface area contributed by atoms with Gasteiger partial charge in [-0.05, 0) is 25.1 Å². The van der Waals surface area contributed by atoms with Crippen LogP contribution in [0.25, 0.3) is 11.0 Å². The van der Waals surface area contributed by atoms with Crippen molar-refractivity contribution in [1.29, 1.82) is 0 Å². The van der Waals surface area contributed by atoms with E-state index in [4.69, 9.17) is 0 Å². The molecular formula is C9H7N2. The van der Waals surface area contributed by atoms with Gasteiger partial charge in [-0.25, -0.2) is 0 Å². The fraction of sp³-hybridized carbons (Fsp3) is 0.111. The van der Waals surface area contributed by atoms with Crippen LogP contribution < -0.4 is 0 Å². The van der Waals surface area contributed by atoms with Gasteiger partial charge in [-0.3, -0.25) is 9.97 Å². The van der Waals surface area contributed by atoms with Crippen molar-refractivity contribution in [3.63, 3.8) is 0 Å². The van der Waals surface area contributed by atoms with E-state index in [9.17, 15) is 0 Å². The molecule has 0 unspecified atom stereocenters. The van der Waals surface area contributed by atoms with Crippen molar-refractivity contribution in [2.75, 3.05) is 0 Å². The zero-order valence-electron chi connectivity index (χ0n) is 6.20. The second kappa shape index (κ2) is 2.31. The first-order valence-corrected chi connectivity index (χ1v) is 3.46. The first kappa shape index (κ1) is 6.28. The molecule has 0 aliphatic heterocycles. The minimum atomic E-state index is 0.832. The predicted molar refractivity (Wildman–Crippen MR) is 43.1 cm³/mol. The molecule has 0 fully saturated rings. The quantitative estimate of drug-likeness (QED) is 0.561. The van der Waals surface area contributed by atoms with Crippen LogP contribution >= 0.6 is 0 Å². The SMILES string of the molecule is Cc1c[c]c2ncccc2n1. The summed E-state index contributed by atoms with van der Waals surface area (Å²) >= 11 is 0. The van der Waals surface area contributed by atoms with Crippen LogP contribution in [0.2, 0.25) is 0 Å². The topological polar surface area (TPSA) is 25.8 Å². The summed E-state index contributed by atoms with van der Waals surface area (Å²) in [7, 11) is 0. The molecule has 0 amide bonds. The molecule has 0 aliphatic rings. The van der Waals surface area contributed by atoms with Crippen molar-refractivity contribution in [2.45, 2.75) is 6.92 Å². The third-order valence-electron chi connectivity index (χ3n) is 1.50. The smallest absolute Gasteiger partial charge is 0.0965 e. The summed E-state index contributed by atoms with van der Waals surface area (Å²) in [5.41, 5.74) is 2.72. The monoisotopic (exact) mass is 143 g/mol. The number of pyridine rings is 2. The fourth-order valence-corrected chi connectivity index (χ4v) is 0.993. The number of fused-ring (bicyclic) bond motifs is 1. The van der Waals surface area contributed by atoms with Gasteiger partial charge in [0.2, 0.25) is 0 Å². The summed E-state index contributed by atoms with van der Waals surface area (Å²) in [5.74, 6) is 0. The zero-order valence-corrected chi connectivity index (χ0v) is 6.20. The van der Waals surface area contributed by atoms with Gasteiger partial charge in [-0.2, -0.15) is 0 Å². The largest absolute Gasteiger partial charge is 0.254 e. The van der Waals surface area contributed by atoms with Crippen molar-refractivity contribution in [3.05, 3.63) is 36.2 Å². The minimum Gasteiger partial charge on any atom is -0.254 e. The van der Waals surface area contributed by atoms with E-state index in [1.807, 2.05) is 25.1 Å². The molecule has 0 aromatic carbocycles. The van der Waals surface area contributed by atoms with E-state index >= 15 is 0 Å². The zero-order chi connectivity index (χ0) is 7.68. The predicted octanol–water partition coefficient (Wildman–Crippen LogP) is 1.74. The molecule has 0 bridgehead atoms. The van der Waals surface area contributed by atoms with Crippen LogP contribution in [0.15, 0.2) is 24.4 Å². The molecular weight excluding hydrogens is 136 g/mol. The summed E-state index contributed by atoms with van der Waals surface area (Å²) in [6, 6.07) is 8.70. The van der Waals surface area contributed by atoms with Crippen molar-refractivity contribution in [3.8, 4) is 0 Å². The first-order valence-electron chi connectivity index (χ1n) is 3.46. The molecule has 11 heavy (non-hydrogen) atoms. The van der Waals surface area contributed by atoms with Crippen molar-refractivity contribution in [2.24, 2.45) is 0 Å². The van der Waals surface area contributed by atoms with E-state index in [-0.39, 0.29) is 0 Å². The lowest BCUT2D eigenvalue weighted by Crippen LogP contribution is -1.84. The van der Waals surface area contributed by atoms with Gasteiger partial charge in [0, 0.05) is 18.0 Å². The molecule has 53 valence electrons. The molecule has 2 aromatic heterocycles.